The van der Waals surface area contributed by atoms with Crippen molar-refractivity contribution in [1.82, 2.24) is 9.80 Å². The van der Waals surface area contributed by atoms with Gasteiger partial charge in [-0.1, -0.05) is 26.2 Å². The molecule has 1 amide bonds. The molecular formula is C16H31N3O. The Morgan fingerprint density at radius 2 is 1.65 bits per heavy atom. The van der Waals surface area contributed by atoms with E-state index in [0.717, 1.165) is 39.0 Å². The minimum atomic E-state index is -0.0934. The van der Waals surface area contributed by atoms with E-state index in [4.69, 9.17) is 5.73 Å². The van der Waals surface area contributed by atoms with E-state index in [-0.39, 0.29) is 11.0 Å². The quantitative estimate of drug-likeness (QED) is 0.859. The number of nitrogens with zero attached hydrogens (tertiary/aromatic N) is 2. The van der Waals surface area contributed by atoms with E-state index in [9.17, 15) is 4.79 Å². The lowest BCUT2D eigenvalue weighted by molar-refractivity contribution is -0.145. The number of hydrogen-bond acceptors (Lipinski definition) is 3. The Kier molecular flexibility index (Phi) is 4.75. The van der Waals surface area contributed by atoms with Crippen molar-refractivity contribution in [3.63, 3.8) is 0 Å². The number of hydrogen-bond donors (Lipinski definition) is 1. The van der Waals surface area contributed by atoms with Crippen LogP contribution in [0.3, 0.4) is 0 Å². The Balaban J connectivity index is 1.92. The molecule has 1 aliphatic carbocycles. The first-order chi connectivity index (χ1) is 9.39. The highest BCUT2D eigenvalue weighted by molar-refractivity contribution is 5.82. The summed E-state index contributed by atoms with van der Waals surface area (Å²) in [5.41, 5.74) is 5.80. The second-order valence-corrected chi connectivity index (χ2v) is 7.42. The molecule has 4 nitrogen and oxygen atoms in total. The summed E-state index contributed by atoms with van der Waals surface area (Å²) in [5.74, 6) is 0.391. The van der Waals surface area contributed by atoms with Gasteiger partial charge in [-0.05, 0) is 26.7 Å². The second kappa shape index (κ2) is 6.02. The lowest BCUT2D eigenvalue weighted by Crippen LogP contribution is -2.59. The summed E-state index contributed by atoms with van der Waals surface area (Å²) in [6.45, 7) is 10.8. The van der Waals surface area contributed by atoms with Crippen LogP contribution in [0.5, 0.6) is 0 Å². The molecule has 2 fully saturated rings. The molecule has 0 atom stereocenters. The van der Waals surface area contributed by atoms with E-state index in [1.165, 1.54) is 19.3 Å². The fourth-order valence-corrected chi connectivity index (χ4v) is 3.57. The second-order valence-electron chi connectivity index (χ2n) is 7.42. The molecule has 4 heteroatoms. The Hall–Kier alpha value is -0.610. The normalized spacial score (nSPS) is 24.7. The van der Waals surface area contributed by atoms with Gasteiger partial charge in [-0.15, -0.1) is 0 Å². The van der Waals surface area contributed by atoms with E-state index in [1.807, 2.05) is 0 Å². The highest BCUT2D eigenvalue weighted by Crippen LogP contribution is 2.37. The molecule has 2 aliphatic rings. The van der Waals surface area contributed by atoms with Crippen LogP contribution >= 0.6 is 0 Å². The predicted molar refractivity (Wildman–Crippen MR) is 82.5 cm³/mol. The maximum Gasteiger partial charge on any atom is 0.228 e. The molecule has 0 unspecified atom stereocenters. The van der Waals surface area contributed by atoms with E-state index in [2.05, 4.69) is 30.6 Å². The van der Waals surface area contributed by atoms with E-state index in [0.29, 0.717) is 12.5 Å². The number of rotatable bonds is 3. The first kappa shape index (κ1) is 15.8. The third-order valence-electron chi connectivity index (χ3n) is 5.40. The molecule has 2 rings (SSSR count). The van der Waals surface area contributed by atoms with Crippen LogP contribution < -0.4 is 5.73 Å². The first-order valence-corrected chi connectivity index (χ1v) is 8.14. The van der Waals surface area contributed by atoms with Gasteiger partial charge in [0.15, 0.2) is 0 Å². The molecule has 1 saturated carbocycles. The van der Waals surface area contributed by atoms with E-state index in [1.54, 1.807) is 0 Å². The van der Waals surface area contributed by atoms with Gasteiger partial charge < -0.3 is 10.6 Å². The zero-order valence-electron chi connectivity index (χ0n) is 13.5. The van der Waals surface area contributed by atoms with E-state index >= 15 is 0 Å². The number of piperazine rings is 1. The maximum atomic E-state index is 12.8. The smallest absolute Gasteiger partial charge is 0.228 e. The summed E-state index contributed by atoms with van der Waals surface area (Å²) < 4.78 is 0. The van der Waals surface area contributed by atoms with Crippen molar-refractivity contribution in [2.75, 3.05) is 32.7 Å². The number of nitrogens with two attached hydrogens (primary N) is 1. The summed E-state index contributed by atoms with van der Waals surface area (Å²) in [4.78, 5) is 17.3. The largest absolute Gasteiger partial charge is 0.340 e. The summed E-state index contributed by atoms with van der Waals surface area (Å²) in [7, 11) is 0. The van der Waals surface area contributed by atoms with Gasteiger partial charge in [-0.25, -0.2) is 0 Å². The van der Waals surface area contributed by atoms with Crippen LogP contribution in [0.1, 0.15) is 52.9 Å². The number of carbonyl (C=O) groups is 1. The van der Waals surface area contributed by atoms with Crippen molar-refractivity contribution in [2.45, 2.75) is 58.4 Å². The summed E-state index contributed by atoms with van der Waals surface area (Å²) >= 11 is 0. The first-order valence-electron chi connectivity index (χ1n) is 8.14. The average Bonchev–Trinajstić information content (AvgIpc) is 2.47. The molecule has 0 spiro atoms. The third-order valence-corrected chi connectivity index (χ3v) is 5.40. The van der Waals surface area contributed by atoms with Crippen molar-refractivity contribution >= 4 is 5.91 Å². The molecular weight excluding hydrogens is 250 g/mol. The molecule has 20 heavy (non-hydrogen) atoms. The third kappa shape index (κ3) is 3.17. The molecule has 0 radical (unpaired) electrons. The molecule has 0 aromatic heterocycles. The van der Waals surface area contributed by atoms with Gasteiger partial charge in [0.05, 0.1) is 0 Å². The minimum Gasteiger partial charge on any atom is -0.340 e. The van der Waals surface area contributed by atoms with Gasteiger partial charge in [-0.2, -0.15) is 0 Å². The Labute approximate surface area is 123 Å². The number of amides is 1. The molecule has 0 aromatic carbocycles. The minimum absolute atomic E-state index is 0.0455. The highest BCUT2D eigenvalue weighted by Gasteiger charge is 2.39. The zero-order valence-corrected chi connectivity index (χ0v) is 13.5. The lowest BCUT2D eigenvalue weighted by atomic mass is 9.74. The fourth-order valence-electron chi connectivity index (χ4n) is 3.57. The van der Waals surface area contributed by atoms with Gasteiger partial charge in [0.25, 0.3) is 0 Å². The van der Waals surface area contributed by atoms with Gasteiger partial charge >= 0.3 is 0 Å². The predicted octanol–water partition coefficient (Wildman–Crippen LogP) is 1.84. The molecule has 116 valence electrons. The van der Waals surface area contributed by atoms with Crippen LogP contribution in [0.2, 0.25) is 0 Å². The van der Waals surface area contributed by atoms with Gasteiger partial charge in [0, 0.05) is 43.7 Å². The van der Waals surface area contributed by atoms with Crippen LogP contribution in [0.15, 0.2) is 0 Å². The summed E-state index contributed by atoms with van der Waals surface area (Å²) in [6, 6.07) is 0. The fraction of sp³-hybridized carbons (Fsp3) is 0.938. The van der Waals surface area contributed by atoms with Crippen LogP contribution in [-0.2, 0) is 4.79 Å². The molecule has 0 bridgehead atoms. The van der Waals surface area contributed by atoms with Gasteiger partial charge in [-0.3, -0.25) is 9.69 Å². The monoisotopic (exact) mass is 281 g/mol. The van der Waals surface area contributed by atoms with Gasteiger partial charge in [0.1, 0.15) is 0 Å². The van der Waals surface area contributed by atoms with Gasteiger partial charge in [0.2, 0.25) is 5.91 Å². The molecule has 0 aromatic rings. The summed E-state index contributed by atoms with van der Waals surface area (Å²) in [5, 5.41) is 0. The standard InChI is InChI=1S/C16H31N3O/c1-15(2,13-17)19-11-9-18(10-12-19)14(20)16(3)7-5-4-6-8-16/h4-13,17H2,1-3H3. The molecule has 1 saturated heterocycles. The van der Waals surface area contributed by atoms with Crippen LogP contribution in [0.25, 0.3) is 0 Å². The van der Waals surface area contributed by atoms with Crippen molar-refractivity contribution < 1.29 is 4.79 Å². The van der Waals surface area contributed by atoms with Crippen LogP contribution in [-0.4, -0.2) is 54.0 Å². The average molecular weight is 281 g/mol. The van der Waals surface area contributed by atoms with Crippen LogP contribution in [0.4, 0.5) is 0 Å². The SMILES string of the molecule is CC1(C(=O)N2CCN(C(C)(C)CN)CC2)CCCCC1. The van der Waals surface area contributed by atoms with Crippen molar-refractivity contribution in [3.8, 4) is 0 Å². The Morgan fingerprint density at radius 3 is 2.15 bits per heavy atom. The van der Waals surface area contributed by atoms with Crippen LogP contribution in [0, 0.1) is 5.41 Å². The topological polar surface area (TPSA) is 49.6 Å². The number of carbonyl (C=O) groups excluding carboxylic acids is 1. The highest BCUT2D eigenvalue weighted by atomic mass is 16.2. The Morgan fingerprint density at radius 1 is 1.10 bits per heavy atom. The van der Waals surface area contributed by atoms with Crippen molar-refractivity contribution in [3.05, 3.63) is 0 Å². The molecule has 1 aliphatic heterocycles. The van der Waals surface area contributed by atoms with Crippen molar-refractivity contribution in [2.24, 2.45) is 11.1 Å². The van der Waals surface area contributed by atoms with E-state index < -0.39 is 0 Å². The Bertz CT molecular complexity index is 340. The lowest BCUT2D eigenvalue weighted by Gasteiger charge is -2.46. The molecule has 1 heterocycles. The summed E-state index contributed by atoms with van der Waals surface area (Å²) in [6.07, 6.45) is 5.85. The zero-order chi connectivity index (χ0) is 14.8. The maximum absolute atomic E-state index is 12.8. The van der Waals surface area contributed by atoms with Crippen molar-refractivity contribution in [1.29, 1.82) is 0 Å². The molecule has 2 N–H and O–H groups in total.